The highest BCUT2D eigenvalue weighted by atomic mass is 16.5. The van der Waals surface area contributed by atoms with Gasteiger partial charge in [-0.1, -0.05) is 24.3 Å². The Balaban J connectivity index is 1.89. The molecule has 0 bridgehead atoms. The molecule has 4 rings (SSSR count). The summed E-state index contributed by atoms with van der Waals surface area (Å²) in [4.78, 5) is 39.7. The molecule has 8 nitrogen and oxygen atoms in total. The third kappa shape index (κ3) is 4.78. The van der Waals surface area contributed by atoms with Gasteiger partial charge in [0, 0.05) is 11.3 Å². The number of aromatic hydroxyl groups is 1. The van der Waals surface area contributed by atoms with Gasteiger partial charge < -0.3 is 19.7 Å². The number of esters is 1. The number of benzene rings is 3. The Kier molecular flexibility index (Phi) is 7.02. The number of ether oxygens (including phenoxy) is 2. The number of aliphatic hydroxyl groups excluding tert-OH is 1. The highest BCUT2D eigenvalue weighted by Gasteiger charge is 2.47. The minimum Gasteiger partial charge on any atom is -0.508 e. The molecule has 190 valence electrons. The van der Waals surface area contributed by atoms with Crippen LogP contribution >= 0.6 is 0 Å². The summed E-state index contributed by atoms with van der Waals surface area (Å²) >= 11 is 0. The number of carbonyl (C=O) groups is 3. The number of nitrogens with zero attached hydrogens (tertiary/aromatic N) is 1. The fourth-order valence-corrected chi connectivity index (χ4v) is 4.53. The molecule has 1 unspecified atom stereocenters. The smallest absolute Gasteiger partial charge is 0.309 e. The van der Waals surface area contributed by atoms with E-state index in [9.17, 15) is 24.6 Å². The average molecular weight is 502 g/mol. The minimum absolute atomic E-state index is 0.0482. The maximum Gasteiger partial charge on any atom is 0.309 e. The zero-order valence-corrected chi connectivity index (χ0v) is 20.9. The molecule has 1 atom stereocenters. The molecule has 0 aliphatic carbocycles. The molecule has 0 radical (unpaired) electrons. The van der Waals surface area contributed by atoms with E-state index >= 15 is 0 Å². The van der Waals surface area contributed by atoms with Gasteiger partial charge in [0.15, 0.2) is 0 Å². The molecule has 37 heavy (non-hydrogen) atoms. The number of phenolic OH excluding ortho intramolecular Hbond substituents is 1. The molecule has 3 aromatic carbocycles. The summed E-state index contributed by atoms with van der Waals surface area (Å²) in [6.45, 7) is 3.59. The van der Waals surface area contributed by atoms with Crippen LogP contribution in [-0.2, 0) is 25.5 Å². The van der Waals surface area contributed by atoms with Crippen LogP contribution < -0.4 is 9.64 Å². The summed E-state index contributed by atoms with van der Waals surface area (Å²) in [5.74, 6) is -1.81. The first-order valence-electron chi connectivity index (χ1n) is 11.6. The second-order valence-corrected chi connectivity index (χ2v) is 8.82. The van der Waals surface area contributed by atoms with Crippen molar-refractivity contribution in [3.05, 3.63) is 94.1 Å². The van der Waals surface area contributed by atoms with E-state index in [1.54, 1.807) is 62.6 Å². The number of ketones is 1. The van der Waals surface area contributed by atoms with E-state index in [0.717, 1.165) is 5.56 Å². The van der Waals surface area contributed by atoms with Gasteiger partial charge in [0.05, 0.1) is 32.3 Å². The maximum absolute atomic E-state index is 13.4. The predicted octanol–water partition coefficient (Wildman–Crippen LogP) is 4.36. The van der Waals surface area contributed by atoms with Crippen molar-refractivity contribution < 1.29 is 34.1 Å². The Labute approximate surface area is 214 Å². The Morgan fingerprint density at radius 3 is 2.30 bits per heavy atom. The van der Waals surface area contributed by atoms with Crippen molar-refractivity contribution in [1.29, 1.82) is 0 Å². The summed E-state index contributed by atoms with van der Waals surface area (Å²) in [5, 5.41) is 21.6. The van der Waals surface area contributed by atoms with Gasteiger partial charge in [0.1, 0.15) is 17.3 Å². The number of anilines is 1. The second-order valence-electron chi connectivity index (χ2n) is 8.82. The predicted molar refractivity (Wildman–Crippen MR) is 138 cm³/mol. The molecule has 1 amide bonds. The number of carbonyl (C=O) groups excluding carboxylic acids is 3. The van der Waals surface area contributed by atoms with Crippen molar-refractivity contribution in [2.24, 2.45) is 0 Å². The molecule has 8 heteroatoms. The summed E-state index contributed by atoms with van der Waals surface area (Å²) < 4.78 is 10.1. The monoisotopic (exact) mass is 501 g/mol. The number of hydrogen-bond acceptors (Lipinski definition) is 7. The number of aliphatic hydroxyl groups is 1. The fraction of sp³-hybridized carbons (Fsp3) is 0.207. The third-order valence-electron chi connectivity index (χ3n) is 6.42. The van der Waals surface area contributed by atoms with Gasteiger partial charge in [-0.2, -0.15) is 0 Å². The van der Waals surface area contributed by atoms with Gasteiger partial charge >= 0.3 is 5.97 Å². The summed E-state index contributed by atoms with van der Waals surface area (Å²) in [7, 11) is 2.85. The summed E-state index contributed by atoms with van der Waals surface area (Å²) in [6, 6.07) is 15.3. The van der Waals surface area contributed by atoms with E-state index in [4.69, 9.17) is 9.47 Å². The van der Waals surface area contributed by atoms with E-state index in [1.165, 1.54) is 24.1 Å². The Hall–Kier alpha value is -4.59. The van der Waals surface area contributed by atoms with Gasteiger partial charge in [-0.15, -0.1) is 0 Å². The average Bonchev–Trinajstić information content (AvgIpc) is 3.15. The minimum atomic E-state index is -1.000. The molecule has 1 saturated heterocycles. The number of hydrogen-bond donors (Lipinski definition) is 2. The number of aryl methyl sites for hydroxylation is 2. The fourth-order valence-electron chi connectivity index (χ4n) is 4.53. The standard InChI is InChI=1S/C29H27NO7/c1-16-13-23(36-3)17(2)12-22(16)27(33)25-26(19-6-5-7-21(31)15-19)30(29(35)28(25)34)20-10-8-18(9-11-20)14-24(32)37-4/h5-13,15,26,31,33H,14H2,1-4H3/b27-25+. The first kappa shape index (κ1) is 25.5. The lowest BCUT2D eigenvalue weighted by atomic mass is 9.93. The van der Waals surface area contributed by atoms with Crippen molar-refractivity contribution in [3.8, 4) is 11.5 Å². The molecule has 0 saturated carbocycles. The molecule has 1 heterocycles. The lowest BCUT2D eigenvalue weighted by Gasteiger charge is -2.26. The van der Waals surface area contributed by atoms with Crippen molar-refractivity contribution in [2.75, 3.05) is 19.1 Å². The quantitative estimate of drug-likeness (QED) is 0.223. The van der Waals surface area contributed by atoms with Crippen LogP contribution in [0.5, 0.6) is 11.5 Å². The molecule has 2 N–H and O–H groups in total. The molecule has 0 aromatic heterocycles. The van der Waals surface area contributed by atoms with Gasteiger partial charge in [0.2, 0.25) is 0 Å². The molecule has 3 aromatic rings. The molecule has 1 aliphatic rings. The van der Waals surface area contributed by atoms with Crippen molar-refractivity contribution in [1.82, 2.24) is 0 Å². The van der Waals surface area contributed by atoms with Crippen LogP contribution in [0.2, 0.25) is 0 Å². The van der Waals surface area contributed by atoms with E-state index in [-0.39, 0.29) is 23.5 Å². The van der Waals surface area contributed by atoms with Crippen LogP contribution in [0.15, 0.2) is 66.2 Å². The summed E-state index contributed by atoms with van der Waals surface area (Å²) in [5.41, 5.74) is 3.22. The Bertz CT molecular complexity index is 1420. The zero-order chi connectivity index (χ0) is 26.9. The SMILES string of the molecule is COC(=O)Cc1ccc(N2C(=O)C(=O)/C(=C(/O)c3cc(C)c(OC)cc3C)C2c2cccc(O)c2)cc1. The third-order valence-corrected chi connectivity index (χ3v) is 6.42. The Morgan fingerprint density at radius 2 is 1.68 bits per heavy atom. The first-order valence-corrected chi connectivity index (χ1v) is 11.6. The first-order chi connectivity index (χ1) is 17.7. The normalized spacial score (nSPS) is 16.6. The molecule has 1 fully saturated rings. The van der Waals surface area contributed by atoms with Crippen LogP contribution in [0.25, 0.3) is 5.76 Å². The summed E-state index contributed by atoms with van der Waals surface area (Å²) in [6.07, 6.45) is 0.0572. The van der Waals surface area contributed by atoms with Crippen molar-refractivity contribution >= 4 is 29.1 Å². The second kappa shape index (κ2) is 10.2. The van der Waals surface area contributed by atoms with E-state index in [0.29, 0.717) is 33.7 Å². The highest BCUT2D eigenvalue weighted by Crippen LogP contribution is 2.43. The largest absolute Gasteiger partial charge is 0.508 e. The van der Waals surface area contributed by atoms with Crippen molar-refractivity contribution in [3.63, 3.8) is 0 Å². The zero-order valence-electron chi connectivity index (χ0n) is 20.9. The topological polar surface area (TPSA) is 113 Å². The van der Waals surface area contributed by atoms with Crippen LogP contribution in [0.4, 0.5) is 5.69 Å². The van der Waals surface area contributed by atoms with Gasteiger partial charge in [-0.05, 0) is 72.5 Å². The van der Waals surface area contributed by atoms with Gasteiger partial charge in [-0.3, -0.25) is 19.3 Å². The van der Waals surface area contributed by atoms with Crippen LogP contribution in [0, 0.1) is 13.8 Å². The molecule has 1 aliphatic heterocycles. The van der Waals surface area contributed by atoms with E-state index in [1.807, 2.05) is 6.92 Å². The number of amides is 1. The van der Waals surface area contributed by atoms with Gasteiger partial charge in [0.25, 0.3) is 11.7 Å². The van der Waals surface area contributed by atoms with Crippen LogP contribution in [0.1, 0.15) is 33.9 Å². The van der Waals surface area contributed by atoms with E-state index in [2.05, 4.69) is 0 Å². The van der Waals surface area contributed by atoms with Crippen molar-refractivity contribution in [2.45, 2.75) is 26.3 Å². The van der Waals surface area contributed by atoms with E-state index < -0.39 is 23.7 Å². The lowest BCUT2D eigenvalue weighted by Crippen LogP contribution is -2.29. The van der Waals surface area contributed by atoms with Crippen LogP contribution in [-0.4, -0.2) is 42.1 Å². The number of rotatable bonds is 6. The molecular weight excluding hydrogens is 474 g/mol. The maximum atomic E-state index is 13.4. The lowest BCUT2D eigenvalue weighted by molar-refractivity contribution is -0.139. The molecular formula is C29H27NO7. The van der Waals surface area contributed by atoms with Gasteiger partial charge in [-0.25, -0.2) is 0 Å². The number of Topliss-reactive ketones (excluding diaryl/α,β-unsaturated/α-hetero) is 1. The Morgan fingerprint density at radius 1 is 0.973 bits per heavy atom. The number of methoxy groups -OCH3 is 2. The molecule has 0 spiro atoms. The number of phenols is 1. The van der Waals surface area contributed by atoms with Crippen LogP contribution in [0.3, 0.4) is 0 Å². The highest BCUT2D eigenvalue weighted by molar-refractivity contribution is 6.51.